The Morgan fingerprint density at radius 1 is 0.941 bits per heavy atom. The lowest BCUT2D eigenvalue weighted by molar-refractivity contribution is 0.102. The molecule has 1 amide bonds. The number of benzene rings is 3. The number of anilines is 2. The lowest BCUT2D eigenvalue weighted by Gasteiger charge is -2.23. The van der Waals surface area contributed by atoms with E-state index in [2.05, 4.69) is 82.0 Å². The maximum Gasteiger partial charge on any atom is 0.255 e. The first-order valence-corrected chi connectivity index (χ1v) is 18.6. The minimum atomic E-state index is -0.382. The molecule has 3 aromatic carbocycles. The third kappa shape index (κ3) is 10.2. The molecule has 0 saturated carbocycles. The molecule has 4 aromatic rings. The maximum atomic E-state index is 13.1. The molecule has 3 N–H and O–H groups in total. The Morgan fingerprint density at radius 2 is 1.63 bits per heavy atom. The van der Waals surface area contributed by atoms with Gasteiger partial charge in [0.15, 0.2) is 0 Å². The van der Waals surface area contributed by atoms with Crippen LogP contribution in [0, 0.1) is 25.7 Å². The quantitative estimate of drug-likeness (QED) is 0.0905. The van der Waals surface area contributed by atoms with E-state index >= 15 is 0 Å². The molecule has 0 spiro atoms. The number of allylic oxidation sites excluding steroid dienone is 1. The standard InChI is InChI=1S/C43H58N4O4/c1-9-22-45(25-20-30(5)10-2)23-13-24-47-33(8)32(7)38-29-37(18-19-39(38)47)51-36-16-14-34(15-17-36)43(50)44-35-27-40(48)42(41(49)28-35)46(12-4)26-21-31(6)11-3/h12,14-19,21,26-31,48-49H,4,9-11,13,20,22-25H2,1-3,5-8H3,(H,44,50)/b26-21-. The number of phenols is 2. The van der Waals surface area contributed by atoms with E-state index in [1.54, 1.807) is 35.4 Å². The van der Waals surface area contributed by atoms with Crippen LogP contribution in [0.5, 0.6) is 23.0 Å². The van der Waals surface area contributed by atoms with Gasteiger partial charge in [0.25, 0.3) is 5.91 Å². The number of aromatic nitrogens is 1. The van der Waals surface area contributed by atoms with Crippen molar-refractivity contribution < 1.29 is 19.7 Å². The zero-order valence-corrected chi connectivity index (χ0v) is 31.7. The number of hydrogen-bond donors (Lipinski definition) is 3. The van der Waals surface area contributed by atoms with Crippen LogP contribution in [0.4, 0.5) is 11.4 Å². The van der Waals surface area contributed by atoms with Crippen molar-refractivity contribution in [3.05, 3.63) is 96.5 Å². The van der Waals surface area contributed by atoms with Gasteiger partial charge in [-0.05, 0) is 113 Å². The van der Waals surface area contributed by atoms with Gasteiger partial charge < -0.3 is 34.6 Å². The Bertz CT molecular complexity index is 1770. The molecule has 1 heterocycles. The monoisotopic (exact) mass is 694 g/mol. The third-order valence-corrected chi connectivity index (χ3v) is 10.00. The number of amides is 1. The molecule has 274 valence electrons. The number of ether oxygens (including phenoxy) is 1. The lowest BCUT2D eigenvalue weighted by atomic mass is 10.1. The SMILES string of the molecule is C=CN(/C=C\C(C)CC)c1c(O)cc(NC(=O)c2ccc(Oc3ccc4c(c3)c(C)c(C)n4CCCN(CCC)CCC(C)CC)cc2)cc1O. The van der Waals surface area contributed by atoms with Crippen LogP contribution in [0.25, 0.3) is 10.9 Å². The molecule has 0 aliphatic heterocycles. The molecule has 51 heavy (non-hydrogen) atoms. The summed E-state index contributed by atoms with van der Waals surface area (Å²) in [6.07, 6.45) is 11.0. The normalized spacial score (nSPS) is 12.8. The van der Waals surface area contributed by atoms with Crippen molar-refractivity contribution in [3.8, 4) is 23.0 Å². The Morgan fingerprint density at radius 3 is 2.25 bits per heavy atom. The molecule has 1 aromatic heterocycles. The van der Waals surface area contributed by atoms with Crippen molar-refractivity contribution >= 4 is 28.2 Å². The van der Waals surface area contributed by atoms with Crippen LogP contribution in [-0.4, -0.2) is 45.2 Å². The summed E-state index contributed by atoms with van der Waals surface area (Å²) in [5.41, 5.74) is 4.62. The first-order valence-electron chi connectivity index (χ1n) is 18.6. The van der Waals surface area contributed by atoms with Crippen LogP contribution in [0.3, 0.4) is 0 Å². The zero-order valence-electron chi connectivity index (χ0n) is 31.7. The van der Waals surface area contributed by atoms with Crippen LogP contribution < -0.4 is 15.0 Å². The largest absolute Gasteiger partial charge is 0.506 e. The number of phenolic OH excluding ortho intramolecular Hbond substituents is 2. The summed E-state index contributed by atoms with van der Waals surface area (Å²) in [6.45, 7) is 23.6. The van der Waals surface area contributed by atoms with E-state index in [1.807, 2.05) is 12.1 Å². The van der Waals surface area contributed by atoms with Crippen LogP contribution in [0.2, 0.25) is 0 Å². The van der Waals surface area contributed by atoms with E-state index in [0.29, 0.717) is 17.2 Å². The van der Waals surface area contributed by atoms with Gasteiger partial charge in [-0.2, -0.15) is 0 Å². The fraction of sp³-hybridized carbons (Fsp3) is 0.419. The molecule has 8 nitrogen and oxygen atoms in total. The zero-order chi connectivity index (χ0) is 37.1. The summed E-state index contributed by atoms with van der Waals surface area (Å²) in [4.78, 5) is 17.2. The van der Waals surface area contributed by atoms with Crippen LogP contribution in [-0.2, 0) is 6.54 Å². The van der Waals surface area contributed by atoms with Gasteiger partial charge in [-0.3, -0.25) is 4.79 Å². The number of nitrogens with one attached hydrogen (secondary N) is 1. The summed E-state index contributed by atoms with van der Waals surface area (Å²) in [5.74, 6) is 1.68. The van der Waals surface area contributed by atoms with Crippen LogP contribution in [0.15, 0.2) is 79.7 Å². The number of rotatable bonds is 19. The van der Waals surface area contributed by atoms with Gasteiger partial charge in [0.2, 0.25) is 0 Å². The number of carbonyl (C=O) groups excluding carboxylic acids is 1. The summed E-state index contributed by atoms with van der Waals surface area (Å²) >= 11 is 0. The van der Waals surface area contributed by atoms with Crippen molar-refractivity contribution in [1.82, 2.24) is 9.47 Å². The highest BCUT2D eigenvalue weighted by Crippen LogP contribution is 2.40. The minimum absolute atomic E-state index is 0.186. The van der Waals surface area contributed by atoms with Gasteiger partial charge in [0, 0.05) is 58.9 Å². The van der Waals surface area contributed by atoms with E-state index < -0.39 is 0 Å². The molecular weight excluding hydrogens is 636 g/mol. The fourth-order valence-electron chi connectivity index (χ4n) is 6.25. The first kappa shape index (κ1) is 39.1. The molecular formula is C43H58N4O4. The second-order valence-corrected chi connectivity index (χ2v) is 13.8. The van der Waals surface area contributed by atoms with Gasteiger partial charge >= 0.3 is 0 Å². The summed E-state index contributed by atoms with van der Waals surface area (Å²) in [7, 11) is 0. The van der Waals surface area contributed by atoms with Gasteiger partial charge in [0.1, 0.15) is 28.7 Å². The van der Waals surface area contributed by atoms with E-state index in [-0.39, 0.29) is 28.8 Å². The van der Waals surface area contributed by atoms with E-state index in [0.717, 1.165) is 44.1 Å². The Kier molecular flexibility index (Phi) is 14.2. The Hall–Kier alpha value is -4.69. The van der Waals surface area contributed by atoms with E-state index in [9.17, 15) is 15.0 Å². The van der Waals surface area contributed by atoms with Crippen molar-refractivity contribution in [1.29, 1.82) is 0 Å². The number of aryl methyl sites for hydroxylation is 2. The highest BCUT2D eigenvalue weighted by Gasteiger charge is 2.17. The molecule has 0 aliphatic carbocycles. The second-order valence-electron chi connectivity index (χ2n) is 13.8. The predicted octanol–water partition coefficient (Wildman–Crippen LogP) is 10.8. The average Bonchev–Trinajstić information content (AvgIpc) is 3.35. The topological polar surface area (TPSA) is 90.2 Å². The third-order valence-electron chi connectivity index (χ3n) is 10.00. The molecule has 4 rings (SSSR count). The van der Waals surface area contributed by atoms with Crippen molar-refractivity contribution in [2.24, 2.45) is 11.8 Å². The molecule has 0 aliphatic rings. The van der Waals surface area contributed by atoms with Crippen molar-refractivity contribution in [2.45, 2.75) is 87.1 Å². The van der Waals surface area contributed by atoms with Gasteiger partial charge in [-0.25, -0.2) is 0 Å². The number of aromatic hydroxyl groups is 2. The molecule has 0 fully saturated rings. The maximum absolute atomic E-state index is 13.1. The first-order chi connectivity index (χ1) is 24.5. The molecule has 2 atom stereocenters. The minimum Gasteiger partial charge on any atom is -0.506 e. The number of fused-ring (bicyclic) bond motifs is 1. The molecule has 2 unspecified atom stereocenters. The van der Waals surface area contributed by atoms with Crippen molar-refractivity contribution in [3.63, 3.8) is 0 Å². The van der Waals surface area contributed by atoms with Gasteiger partial charge in [-0.15, -0.1) is 0 Å². The molecule has 0 radical (unpaired) electrons. The van der Waals surface area contributed by atoms with Crippen molar-refractivity contribution in [2.75, 3.05) is 29.9 Å². The number of hydrogen-bond acceptors (Lipinski definition) is 6. The van der Waals surface area contributed by atoms with E-state index in [1.165, 1.54) is 66.3 Å². The summed E-state index contributed by atoms with van der Waals surface area (Å²) in [6, 6.07) is 15.9. The second kappa shape index (κ2) is 18.5. The highest BCUT2D eigenvalue weighted by molar-refractivity contribution is 6.04. The van der Waals surface area contributed by atoms with Gasteiger partial charge in [0.05, 0.1) is 0 Å². The molecule has 0 saturated heterocycles. The summed E-state index contributed by atoms with van der Waals surface area (Å²) in [5, 5.41) is 25.4. The Labute approximate surface area is 305 Å². The Balaban J connectivity index is 1.40. The fourth-order valence-corrected chi connectivity index (χ4v) is 6.25. The van der Waals surface area contributed by atoms with E-state index in [4.69, 9.17) is 4.74 Å². The lowest BCUT2D eigenvalue weighted by Crippen LogP contribution is -2.28. The molecule has 8 heteroatoms. The van der Waals surface area contributed by atoms with Crippen LogP contribution >= 0.6 is 0 Å². The number of nitrogens with zero attached hydrogens (tertiary/aromatic N) is 3. The highest BCUT2D eigenvalue weighted by atomic mass is 16.5. The van der Waals surface area contributed by atoms with Gasteiger partial charge in [-0.1, -0.05) is 60.1 Å². The predicted molar refractivity (Wildman–Crippen MR) is 212 cm³/mol. The average molecular weight is 695 g/mol. The number of carbonyl (C=O) groups is 1. The summed E-state index contributed by atoms with van der Waals surface area (Å²) < 4.78 is 8.66. The smallest absolute Gasteiger partial charge is 0.255 e. The molecule has 0 bridgehead atoms. The van der Waals surface area contributed by atoms with Crippen LogP contribution in [0.1, 0.15) is 88.3 Å².